The third-order valence-electron chi connectivity index (χ3n) is 4.25. The van der Waals surface area contributed by atoms with E-state index in [4.69, 9.17) is 11.6 Å². The molecule has 1 aromatic carbocycles. The zero-order chi connectivity index (χ0) is 15.7. The lowest BCUT2D eigenvalue weighted by Gasteiger charge is -2.18. The third kappa shape index (κ3) is 3.05. The number of hydrogen-bond donors (Lipinski definition) is 1. The van der Waals surface area contributed by atoms with Gasteiger partial charge in [-0.3, -0.25) is 9.59 Å². The van der Waals surface area contributed by atoms with Gasteiger partial charge < -0.3 is 10.0 Å². The Morgan fingerprint density at radius 3 is 2.67 bits per heavy atom. The maximum absolute atomic E-state index is 12.6. The van der Waals surface area contributed by atoms with E-state index in [0.717, 1.165) is 11.1 Å². The zero-order valence-corrected chi connectivity index (χ0v) is 13.3. The van der Waals surface area contributed by atoms with Crippen LogP contribution in [0.1, 0.15) is 41.3 Å². The van der Waals surface area contributed by atoms with Crippen LogP contribution >= 0.6 is 11.6 Å². The van der Waals surface area contributed by atoms with Gasteiger partial charge in [0.1, 0.15) is 5.75 Å². The number of phenolic OH excluding ortho intramolecular Hbond substituents is 1. The zero-order valence-electron chi connectivity index (χ0n) is 12.6. The van der Waals surface area contributed by atoms with Crippen LogP contribution in [0, 0.1) is 12.8 Å². The van der Waals surface area contributed by atoms with Crippen molar-refractivity contribution in [3.63, 3.8) is 0 Å². The maximum atomic E-state index is 12.6. The predicted molar refractivity (Wildman–Crippen MR) is 81.9 cm³/mol. The second kappa shape index (κ2) is 6.06. The number of aromatic hydroxyl groups is 1. The summed E-state index contributed by atoms with van der Waals surface area (Å²) in [5.74, 6) is -0.575. The predicted octanol–water partition coefficient (Wildman–Crippen LogP) is 2.97. The molecule has 1 unspecified atom stereocenters. The average molecular weight is 310 g/mol. The first-order valence-corrected chi connectivity index (χ1v) is 7.49. The molecule has 1 heterocycles. The average Bonchev–Trinajstić information content (AvgIpc) is 2.46. The van der Waals surface area contributed by atoms with E-state index in [1.165, 1.54) is 0 Å². The number of fused-ring (bicyclic) bond motifs is 2. The molecule has 2 bridgehead atoms. The summed E-state index contributed by atoms with van der Waals surface area (Å²) in [4.78, 5) is 26.3. The standard InChI is InChI=1S/C16H20ClNO3/c1-9-4-5-13(19)18(3)7-6-11-8-12(17)16(21)14(10(11)2)15(9)20/h8-9,21H,4-7H2,1-3H3. The lowest BCUT2D eigenvalue weighted by atomic mass is 9.89. The van der Waals surface area contributed by atoms with Gasteiger partial charge in [-0.1, -0.05) is 18.5 Å². The minimum Gasteiger partial charge on any atom is -0.506 e. The molecule has 0 spiro atoms. The van der Waals surface area contributed by atoms with Crippen molar-refractivity contribution >= 4 is 23.3 Å². The fraction of sp³-hybridized carbons (Fsp3) is 0.500. The molecular weight excluding hydrogens is 290 g/mol. The smallest absolute Gasteiger partial charge is 0.222 e. The van der Waals surface area contributed by atoms with Crippen LogP contribution in [-0.4, -0.2) is 35.3 Å². The van der Waals surface area contributed by atoms with Crippen LogP contribution < -0.4 is 0 Å². The van der Waals surface area contributed by atoms with Gasteiger partial charge in [-0.05, 0) is 37.0 Å². The number of carbonyl (C=O) groups is 2. The van der Waals surface area contributed by atoms with Crippen LogP contribution in [0.2, 0.25) is 5.02 Å². The molecule has 114 valence electrons. The van der Waals surface area contributed by atoms with Gasteiger partial charge >= 0.3 is 0 Å². The van der Waals surface area contributed by atoms with Crippen molar-refractivity contribution in [2.75, 3.05) is 13.6 Å². The summed E-state index contributed by atoms with van der Waals surface area (Å²) in [5, 5.41) is 10.3. The monoisotopic (exact) mass is 309 g/mol. The number of benzene rings is 1. The number of Topliss-reactive ketones (excluding diaryl/α,β-unsaturated/α-hetero) is 1. The lowest BCUT2D eigenvalue weighted by molar-refractivity contribution is -0.130. The highest BCUT2D eigenvalue weighted by molar-refractivity contribution is 6.32. The van der Waals surface area contributed by atoms with Gasteiger partial charge in [-0.25, -0.2) is 0 Å². The fourth-order valence-corrected chi connectivity index (χ4v) is 2.90. The first-order chi connectivity index (χ1) is 9.82. The van der Waals surface area contributed by atoms with Crippen LogP contribution in [-0.2, 0) is 11.2 Å². The molecule has 1 atom stereocenters. The summed E-state index contributed by atoms with van der Waals surface area (Å²) in [7, 11) is 1.77. The SMILES string of the molecule is Cc1c2cc(Cl)c(O)c1C(=O)C(C)CCC(=O)N(C)CC2. The van der Waals surface area contributed by atoms with Crippen molar-refractivity contribution < 1.29 is 14.7 Å². The molecular formula is C16H20ClNO3. The van der Waals surface area contributed by atoms with Crippen LogP contribution in [0.15, 0.2) is 6.07 Å². The van der Waals surface area contributed by atoms with Crippen molar-refractivity contribution in [1.82, 2.24) is 4.90 Å². The molecule has 1 aliphatic heterocycles. The molecule has 1 N–H and O–H groups in total. The number of hydrogen-bond acceptors (Lipinski definition) is 3. The minimum atomic E-state index is -0.323. The Hall–Kier alpha value is -1.55. The highest BCUT2D eigenvalue weighted by Crippen LogP contribution is 2.35. The van der Waals surface area contributed by atoms with E-state index in [2.05, 4.69) is 0 Å². The molecule has 0 saturated carbocycles. The summed E-state index contributed by atoms with van der Waals surface area (Å²) in [6, 6.07) is 1.68. The van der Waals surface area contributed by atoms with Gasteiger partial charge in [0, 0.05) is 25.9 Å². The molecule has 1 aliphatic rings. The van der Waals surface area contributed by atoms with E-state index >= 15 is 0 Å². The van der Waals surface area contributed by atoms with Gasteiger partial charge in [0.2, 0.25) is 5.91 Å². The van der Waals surface area contributed by atoms with Crippen molar-refractivity contribution in [2.45, 2.75) is 33.1 Å². The number of nitrogens with zero attached hydrogens (tertiary/aromatic N) is 1. The lowest BCUT2D eigenvalue weighted by Crippen LogP contribution is -2.29. The van der Waals surface area contributed by atoms with E-state index in [-0.39, 0.29) is 28.4 Å². The van der Waals surface area contributed by atoms with E-state index < -0.39 is 0 Å². The molecule has 1 aromatic rings. The molecule has 2 rings (SSSR count). The van der Waals surface area contributed by atoms with Crippen LogP contribution in [0.4, 0.5) is 0 Å². The van der Waals surface area contributed by atoms with E-state index in [1.54, 1.807) is 24.9 Å². The van der Waals surface area contributed by atoms with E-state index in [0.29, 0.717) is 31.4 Å². The topological polar surface area (TPSA) is 57.6 Å². The summed E-state index contributed by atoms with van der Waals surface area (Å²) in [6.07, 6.45) is 1.43. The summed E-state index contributed by atoms with van der Waals surface area (Å²) >= 11 is 6.06. The van der Waals surface area contributed by atoms with E-state index in [1.807, 2.05) is 6.92 Å². The second-order valence-electron chi connectivity index (χ2n) is 5.74. The van der Waals surface area contributed by atoms with Gasteiger partial charge in [0.15, 0.2) is 5.78 Å². The first-order valence-electron chi connectivity index (χ1n) is 7.12. The Balaban J connectivity index is 2.55. The van der Waals surface area contributed by atoms with Crippen LogP contribution in [0.3, 0.4) is 0 Å². The number of amides is 1. The summed E-state index contributed by atoms with van der Waals surface area (Å²) in [5.41, 5.74) is 1.97. The largest absolute Gasteiger partial charge is 0.506 e. The quantitative estimate of drug-likeness (QED) is 0.801. The number of halogens is 1. The molecule has 5 heteroatoms. The molecule has 0 radical (unpaired) electrons. The van der Waals surface area contributed by atoms with Crippen molar-refractivity contribution in [1.29, 1.82) is 0 Å². The third-order valence-corrected chi connectivity index (χ3v) is 4.54. The Bertz CT molecular complexity index is 598. The fourth-order valence-electron chi connectivity index (χ4n) is 2.67. The number of likely N-dealkylation sites (N-methyl/N-ethyl adjacent to an activating group) is 1. The van der Waals surface area contributed by atoms with Gasteiger partial charge in [0.25, 0.3) is 0 Å². The van der Waals surface area contributed by atoms with Crippen molar-refractivity contribution in [2.24, 2.45) is 5.92 Å². The maximum Gasteiger partial charge on any atom is 0.222 e. The minimum absolute atomic E-state index is 0.0395. The molecule has 0 aromatic heterocycles. The first kappa shape index (κ1) is 15.8. The van der Waals surface area contributed by atoms with E-state index in [9.17, 15) is 14.7 Å². The molecule has 0 aliphatic carbocycles. The highest BCUT2D eigenvalue weighted by atomic mass is 35.5. The molecule has 21 heavy (non-hydrogen) atoms. The normalized spacial score (nSPS) is 20.4. The molecule has 4 nitrogen and oxygen atoms in total. The van der Waals surface area contributed by atoms with Crippen LogP contribution in [0.25, 0.3) is 0 Å². The second-order valence-corrected chi connectivity index (χ2v) is 6.14. The van der Waals surface area contributed by atoms with Gasteiger partial charge in [-0.2, -0.15) is 0 Å². The van der Waals surface area contributed by atoms with Crippen molar-refractivity contribution in [3.8, 4) is 5.75 Å². The Morgan fingerprint density at radius 2 is 2.00 bits per heavy atom. The van der Waals surface area contributed by atoms with Crippen LogP contribution in [0.5, 0.6) is 5.75 Å². The molecule has 0 saturated heterocycles. The van der Waals surface area contributed by atoms with Gasteiger partial charge in [0.05, 0.1) is 10.6 Å². The Morgan fingerprint density at radius 1 is 1.33 bits per heavy atom. The number of carbonyl (C=O) groups excluding carboxylic acids is 2. The van der Waals surface area contributed by atoms with Crippen molar-refractivity contribution in [3.05, 3.63) is 27.8 Å². The summed E-state index contributed by atoms with van der Waals surface area (Å²) in [6.45, 7) is 4.18. The van der Waals surface area contributed by atoms with Gasteiger partial charge in [-0.15, -0.1) is 0 Å². The highest BCUT2D eigenvalue weighted by Gasteiger charge is 2.26. The number of ketones is 1. The summed E-state index contributed by atoms with van der Waals surface area (Å²) < 4.78 is 0. The Labute approximate surface area is 129 Å². The molecule has 1 amide bonds. The number of rotatable bonds is 0. The number of phenols is 1. The Kier molecular flexibility index (Phi) is 4.57. The molecule has 0 fully saturated rings.